The fourth-order valence-corrected chi connectivity index (χ4v) is 3.39. The second kappa shape index (κ2) is 5.64. The normalized spacial score (nSPS) is 24.1. The van der Waals surface area contributed by atoms with Crippen LogP contribution in [0.15, 0.2) is 18.2 Å². The molecule has 4 nitrogen and oxygen atoms in total. The van der Waals surface area contributed by atoms with Crippen molar-refractivity contribution in [1.29, 1.82) is 0 Å². The first kappa shape index (κ1) is 14.3. The average molecular weight is 293 g/mol. The van der Waals surface area contributed by atoms with Crippen molar-refractivity contribution in [3.63, 3.8) is 0 Å². The molecular formula is C16H20FNO3. The van der Waals surface area contributed by atoms with Crippen molar-refractivity contribution in [1.82, 2.24) is 0 Å². The maximum Gasteiger partial charge on any atom is 0.340 e. The van der Waals surface area contributed by atoms with Gasteiger partial charge in [0.1, 0.15) is 11.9 Å². The van der Waals surface area contributed by atoms with Crippen molar-refractivity contribution in [2.45, 2.75) is 50.2 Å². The highest BCUT2D eigenvalue weighted by molar-refractivity contribution is 5.95. The van der Waals surface area contributed by atoms with Crippen molar-refractivity contribution in [2.24, 2.45) is 0 Å². The molecule has 0 bridgehead atoms. The third-order valence-corrected chi connectivity index (χ3v) is 4.47. The van der Waals surface area contributed by atoms with E-state index in [9.17, 15) is 9.18 Å². The lowest BCUT2D eigenvalue weighted by atomic mass is 9.90. The fraction of sp³-hybridized carbons (Fsp3) is 0.562. The molecule has 1 atom stereocenters. The summed E-state index contributed by atoms with van der Waals surface area (Å²) in [6, 6.07) is 3.73. The van der Waals surface area contributed by atoms with E-state index in [1.165, 1.54) is 25.0 Å². The fourth-order valence-electron chi connectivity index (χ4n) is 3.39. The molecule has 1 saturated heterocycles. The zero-order valence-electron chi connectivity index (χ0n) is 11.9. The number of hydrogen-bond donors (Lipinski definition) is 1. The summed E-state index contributed by atoms with van der Waals surface area (Å²) in [4.78, 5) is 12.2. The number of anilines is 1. The van der Waals surface area contributed by atoms with E-state index in [-0.39, 0.29) is 23.0 Å². The summed E-state index contributed by atoms with van der Waals surface area (Å²) in [5.41, 5.74) is 5.92. The van der Waals surface area contributed by atoms with Crippen molar-refractivity contribution in [3.05, 3.63) is 29.6 Å². The molecule has 1 aromatic rings. The molecule has 1 aliphatic heterocycles. The first-order valence-corrected chi connectivity index (χ1v) is 7.48. The number of nitrogen functional groups attached to an aromatic ring is 1. The van der Waals surface area contributed by atoms with Gasteiger partial charge in [0.05, 0.1) is 17.8 Å². The van der Waals surface area contributed by atoms with Crippen molar-refractivity contribution >= 4 is 11.7 Å². The second-order valence-electron chi connectivity index (χ2n) is 5.99. The van der Waals surface area contributed by atoms with Gasteiger partial charge in [0.2, 0.25) is 0 Å². The third-order valence-electron chi connectivity index (χ3n) is 4.47. The topological polar surface area (TPSA) is 61.6 Å². The summed E-state index contributed by atoms with van der Waals surface area (Å²) in [6.07, 6.45) is 5.74. The Balaban J connectivity index is 1.67. The summed E-state index contributed by atoms with van der Waals surface area (Å²) in [5.74, 6) is -0.937. The first-order chi connectivity index (χ1) is 10.1. The molecule has 2 aliphatic rings. The molecule has 0 aromatic heterocycles. The van der Waals surface area contributed by atoms with Gasteiger partial charge in [0.15, 0.2) is 0 Å². The van der Waals surface area contributed by atoms with E-state index in [0.717, 1.165) is 25.3 Å². The number of carbonyl (C=O) groups is 1. The lowest BCUT2D eigenvalue weighted by Crippen LogP contribution is -2.41. The zero-order chi connectivity index (χ0) is 14.9. The van der Waals surface area contributed by atoms with Crippen LogP contribution in [0.1, 0.15) is 48.9 Å². The maximum atomic E-state index is 13.0. The van der Waals surface area contributed by atoms with E-state index in [4.69, 9.17) is 15.2 Å². The number of hydrogen-bond acceptors (Lipinski definition) is 4. The standard InChI is InChI=1S/C16H20FNO3/c17-11-3-4-13(14(18)9-11)15(19)21-12-5-8-20-16(10-12)6-1-2-7-16/h3-4,9,12H,1-2,5-8,10,18H2. The Labute approximate surface area is 123 Å². The SMILES string of the molecule is Nc1cc(F)ccc1C(=O)OC1CCOC2(CCCC2)C1. The molecular weight excluding hydrogens is 273 g/mol. The summed E-state index contributed by atoms with van der Waals surface area (Å²) in [5, 5.41) is 0. The molecule has 1 aliphatic carbocycles. The van der Waals surface area contributed by atoms with Crippen LogP contribution in [0.5, 0.6) is 0 Å². The van der Waals surface area contributed by atoms with Crippen molar-refractivity contribution in [2.75, 3.05) is 12.3 Å². The molecule has 1 unspecified atom stereocenters. The van der Waals surface area contributed by atoms with Gasteiger partial charge in [-0.3, -0.25) is 0 Å². The number of carbonyl (C=O) groups excluding carboxylic acids is 1. The van der Waals surface area contributed by atoms with Crippen LogP contribution >= 0.6 is 0 Å². The minimum atomic E-state index is -0.479. The van der Waals surface area contributed by atoms with Crippen LogP contribution in [0.4, 0.5) is 10.1 Å². The summed E-state index contributed by atoms with van der Waals surface area (Å²) in [6.45, 7) is 0.622. The average Bonchev–Trinajstić information content (AvgIpc) is 2.86. The number of ether oxygens (including phenoxy) is 2. The van der Waals surface area contributed by atoms with Crippen LogP contribution in [0.2, 0.25) is 0 Å². The van der Waals surface area contributed by atoms with Crippen LogP contribution in [-0.4, -0.2) is 24.3 Å². The van der Waals surface area contributed by atoms with E-state index in [0.29, 0.717) is 13.0 Å². The number of rotatable bonds is 2. The lowest BCUT2D eigenvalue weighted by Gasteiger charge is -2.37. The lowest BCUT2D eigenvalue weighted by molar-refractivity contribution is -0.117. The van der Waals surface area contributed by atoms with Gasteiger partial charge in [0, 0.05) is 18.5 Å². The number of halogens is 1. The molecule has 114 valence electrons. The Kier molecular flexibility index (Phi) is 3.85. The highest BCUT2D eigenvalue weighted by Gasteiger charge is 2.41. The zero-order valence-corrected chi connectivity index (χ0v) is 11.9. The number of benzene rings is 1. The predicted octanol–water partition coefficient (Wildman–Crippen LogP) is 3.06. The second-order valence-corrected chi connectivity index (χ2v) is 5.99. The monoisotopic (exact) mass is 293 g/mol. The molecule has 5 heteroatoms. The molecule has 0 radical (unpaired) electrons. The van der Waals surface area contributed by atoms with Crippen LogP contribution in [0.3, 0.4) is 0 Å². The molecule has 3 rings (SSSR count). The van der Waals surface area contributed by atoms with Gasteiger partial charge in [-0.2, -0.15) is 0 Å². The minimum Gasteiger partial charge on any atom is -0.459 e. The smallest absolute Gasteiger partial charge is 0.340 e. The maximum absolute atomic E-state index is 13.0. The van der Waals surface area contributed by atoms with E-state index >= 15 is 0 Å². The van der Waals surface area contributed by atoms with Crippen molar-refractivity contribution < 1.29 is 18.7 Å². The Morgan fingerprint density at radius 1 is 1.38 bits per heavy atom. The first-order valence-electron chi connectivity index (χ1n) is 7.48. The number of esters is 1. The summed E-state index contributed by atoms with van der Waals surface area (Å²) >= 11 is 0. The van der Waals surface area contributed by atoms with E-state index in [1.54, 1.807) is 0 Å². The van der Waals surface area contributed by atoms with Crippen molar-refractivity contribution in [3.8, 4) is 0 Å². The van der Waals surface area contributed by atoms with Gasteiger partial charge in [-0.05, 0) is 31.0 Å². The molecule has 1 aromatic carbocycles. The van der Waals surface area contributed by atoms with Crippen LogP contribution in [0, 0.1) is 5.82 Å². The van der Waals surface area contributed by atoms with Gasteiger partial charge in [-0.25, -0.2) is 9.18 Å². The Hall–Kier alpha value is -1.62. The highest BCUT2D eigenvalue weighted by atomic mass is 19.1. The molecule has 2 fully saturated rings. The Bertz CT molecular complexity index is 540. The van der Waals surface area contributed by atoms with E-state index in [2.05, 4.69) is 0 Å². The third kappa shape index (κ3) is 3.02. The highest BCUT2D eigenvalue weighted by Crippen LogP contribution is 2.40. The Morgan fingerprint density at radius 3 is 2.86 bits per heavy atom. The van der Waals surface area contributed by atoms with E-state index in [1.807, 2.05) is 0 Å². The molecule has 0 amide bonds. The van der Waals surface area contributed by atoms with E-state index < -0.39 is 11.8 Å². The van der Waals surface area contributed by atoms with Gasteiger partial charge >= 0.3 is 5.97 Å². The molecule has 2 N–H and O–H groups in total. The molecule has 1 spiro atoms. The van der Waals surface area contributed by atoms with Gasteiger partial charge in [-0.1, -0.05) is 12.8 Å². The Morgan fingerprint density at radius 2 is 2.14 bits per heavy atom. The van der Waals surface area contributed by atoms with Gasteiger partial charge in [0.25, 0.3) is 0 Å². The summed E-state index contributed by atoms with van der Waals surface area (Å²) < 4.78 is 24.5. The molecule has 21 heavy (non-hydrogen) atoms. The molecule has 1 heterocycles. The minimum absolute atomic E-state index is 0.0997. The van der Waals surface area contributed by atoms with Crippen LogP contribution in [0.25, 0.3) is 0 Å². The van der Waals surface area contributed by atoms with Crippen LogP contribution < -0.4 is 5.73 Å². The predicted molar refractivity (Wildman–Crippen MR) is 76.4 cm³/mol. The number of nitrogens with two attached hydrogens (primary N) is 1. The summed E-state index contributed by atoms with van der Waals surface area (Å²) in [7, 11) is 0. The molecule has 1 saturated carbocycles. The quantitative estimate of drug-likeness (QED) is 0.672. The largest absolute Gasteiger partial charge is 0.459 e. The van der Waals surface area contributed by atoms with Gasteiger partial charge < -0.3 is 15.2 Å². The van der Waals surface area contributed by atoms with Crippen LogP contribution in [-0.2, 0) is 9.47 Å². The van der Waals surface area contributed by atoms with Gasteiger partial charge in [-0.15, -0.1) is 0 Å².